The first-order chi connectivity index (χ1) is 18.3. The van der Waals surface area contributed by atoms with E-state index in [1.54, 1.807) is 35.1 Å². The molecule has 0 spiro atoms. The second kappa shape index (κ2) is 11.7. The van der Waals surface area contributed by atoms with Gasteiger partial charge in [0.05, 0.1) is 32.5 Å². The number of amides is 1. The highest BCUT2D eigenvalue weighted by molar-refractivity contribution is 7.19. The molecule has 1 saturated heterocycles. The second-order valence-electron chi connectivity index (χ2n) is 9.37. The molecule has 0 unspecified atom stereocenters. The first-order valence-electron chi connectivity index (χ1n) is 12.2. The summed E-state index contributed by atoms with van der Waals surface area (Å²) in [4.78, 5) is 16.3. The van der Waals surface area contributed by atoms with Crippen LogP contribution in [0.2, 0.25) is 14.4 Å². The smallest absolute Gasteiger partial charge is 0.391 e. The van der Waals surface area contributed by atoms with Gasteiger partial charge in [0.15, 0.2) is 5.76 Å². The molecule has 1 fully saturated rings. The number of piperidine rings is 1. The van der Waals surface area contributed by atoms with Gasteiger partial charge in [-0.15, -0.1) is 11.3 Å². The molecular formula is C26H26Cl3N5O3S. The molecule has 3 aromatic heterocycles. The molecule has 1 amide bonds. The predicted molar refractivity (Wildman–Crippen MR) is 151 cm³/mol. The van der Waals surface area contributed by atoms with Crippen molar-refractivity contribution < 1.29 is 14.1 Å². The van der Waals surface area contributed by atoms with E-state index in [1.165, 1.54) is 11.3 Å². The number of nitrogens with zero attached hydrogens (tertiary/aromatic N) is 4. The minimum atomic E-state index is -0.546. The molecule has 1 N–H and O–H groups in total. The number of carbonyl (C=O) groups is 1. The highest BCUT2D eigenvalue weighted by Gasteiger charge is 2.25. The minimum absolute atomic E-state index is 0.0344. The SMILES string of the molecule is CC(C)N1CCC(NC(=O)Oc2c(-c3ccc(Cl)cc3Cl)cnn2Cc2cc(-c3ccc(Cl)s3)on2)CC1. The zero-order valence-electron chi connectivity index (χ0n) is 20.8. The van der Waals surface area contributed by atoms with Gasteiger partial charge in [-0.25, -0.2) is 9.48 Å². The number of ether oxygens (including phenoxy) is 1. The fourth-order valence-corrected chi connectivity index (χ4v) is 5.94. The fraction of sp³-hybridized carbons (Fsp3) is 0.346. The van der Waals surface area contributed by atoms with Crippen LogP contribution in [0.4, 0.5) is 4.79 Å². The lowest BCUT2D eigenvalue weighted by Gasteiger charge is -2.34. The number of nitrogens with one attached hydrogen (secondary N) is 1. The summed E-state index contributed by atoms with van der Waals surface area (Å²) < 4.78 is 13.6. The molecule has 4 heterocycles. The summed E-state index contributed by atoms with van der Waals surface area (Å²) in [6.07, 6.45) is 2.78. The highest BCUT2D eigenvalue weighted by Crippen LogP contribution is 2.37. The molecular weight excluding hydrogens is 569 g/mol. The van der Waals surface area contributed by atoms with Crippen molar-refractivity contribution in [2.75, 3.05) is 13.1 Å². The van der Waals surface area contributed by atoms with Gasteiger partial charge in [0.1, 0.15) is 5.69 Å². The van der Waals surface area contributed by atoms with Crippen molar-refractivity contribution in [3.8, 4) is 27.6 Å². The third-order valence-electron chi connectivity index (χ3n) is 6.47. The van der Waals surface area contributed by atoms with Crippen LogP contribution >= 0.6 is 46.1 Å². The molecule has 0 saturated carbocycles. The van der Waals surface area contributed by atoms with E-state index in [0.717, 1.165) is 30.8 Å². The van der Waals surface area contributed by atoms with E-state index < -0.39 is 6.09 Å². The summed E-state index contributed by atoms with van der Waals surface area (Å²) in [6, 6.07) is 11.1. The van der Waals surface area contributed by atoms with Crippen molar-refractivity contribution in [3.63, 3.8) is 0 Å². The van der Waals surface area contributed by atoms with Crippen molar-refractivity contribution in [3.05, 3.63) is 62.7 Å². The van der Waals surface area contributed by atoms with E-state index >= 15 is 0 Å². The zero-order valence-corrected chi connectivity index (χ0v) is 23.9. The van der Waals surface area contributed by atoms with Gasteiger partial charge >= 0.3 is 6.09 Å². The van der Waals surface area contributed by atoms with Gasteiger partial charge in [0.25, 0.3) is 0 Å². The summed E-state index contributed by atoms with van der Waals surface area (Å²) in [5, 5.41) is 12.6. The number of thiophene rings is 1. The third kappa shape index (κ3) is 6.18. The van der Waals surface area contributed by atoms with Crippen LogP contribution in [0, 0.1) is 0 Å². The van der Waals surface area contributed by atoms with E-state index in [2.05, 4.69) is 34.3 Å². The molecule has 4 aromatic rings. The molecule has 5 rings (SSSR count). The number of aromatic nitrogens is 3. The lowest BCUT2D eigenvalue weighted by molar-refractivity contribution is 0.151. The number of hydrogen-bond acceptors (Lipinski definition) is 7. The number of carbonyl (C=O) groups excluding carboxylic acids is 1. The maximum atomic E-state index is 13.0. The van der Waals surface area contributed by atoms with E-state index in [-0.39, 0.29) is 18.5 Å². The van der Waals surface area contributed by atoms with E-state index in [0.29, 0.717) is 43.0 Å². The molecule has 0 bridgehead atoms. The van der Waals surface area contributed by atoms with Crippen LogP contribution in [0.25, 0.3) is 21.8 Å². The monoisotopic (exact) mass is 593 g/mol. The maximum absolute atomic E-state index is 13.0. The minimum Gasteiger partial charge on any atom is -0.391 e. The molecule has 1 aliphatic rings. The summed E-state index contributed by atoms with van der Waals surface area (Å²) in [6.45, 7) is 6.43. The van der Waals surface area contributed by atoms with Crippen LogP contribution in [-0.2, 0) is 6.54 Å². The van der Waals surface area contributed by atoms with Gasteiger partial charge in [0.2, 0.25) is 5.88 Å². The van der Waals surface area contributed by atoms with Gasteiger partial charge in [-0.1, -0.05) is 46.0 Å². The van der Waals surface area contributed by atoms with Crippen LogP contribution in [-0.4, -0.2) is 51.1 Å². The Hall–Kier alpha value is -2.56. The molecule has 0 atom stereocenters. The number of rotatable bonds is 7. The Kier molecular flexibility index (Phi) is 8.30. The molecule has 12 heteroatoms. The summed E-state index contributed by atoms with van der Waals surface area (Å²) in [7, 11) is 0. The summed E-state index contributed by atoms with van der Waals surface area (Å²) >= 11 is 20.0. The van der Waals surface area contributed by atoms with Crippen LogP contribution in [0.1, 0.15) is 32.4 Å². The van der Waals surface area contributed by atoms with Crippen molar-refractivity contribution in [1.82, 2.24) is 25.2 Å². The Balaban J connectivity index is 1.38. The summed E-state index contributed by atoms with van der Waals surface area (Å²) in [5.74, 6) is 0.841. The van der Waals surface area contributed by atoms with Crippen molar-refractivity contribution in [1.29, 1.82) is 0 Å². The summed E-state index contributed by atoms with van der Waals surface area (Å²) in [5.41, 5.74) is 1.81. The molecule has 8 nitrogen and oxygen atoms in total. The lowest BCUT2D eigenvalue weighted by Crippen LogP contribution is -2.47. The van der Waals surface area contributed by atoms with E-state index in [9.17, 15) is 4.79 Å². The topological polar surface area (TPSA) is 85.4 Å². The quantitative estimate of drug-likeness (QED) is 0.243. The largest absolute Gasteiger partial charge is 0.414 e. The van der Waals surface area contributed by atoms with E-state index in [4.69, 9.17) is 44.1 Å². The van der Waals surface area contributed by atoms with Crippen LogP contribution in [0.3, 0.4) is 0 Å². The Morgan fingerprint density at radius 3 is 2.63 bits per heavy atom. The molecule has 38 heavy (non-hydrogen) atoms. The van der Waals surface area contributed by atoms with E-state index in [1.807, 2.05) is 12.1 Å². The molecule has 0 radical (unpaired) electrons. The number of hydrogen-bond donors (Lipinski definition) is 1. The van der Waals surface area contributed by atoms with Gasteiger partial charge in [-0.05, 0) is 51.0 Å². The van der Waals surface area contributed by atoms with Gasteiger partial charge in [-0.2, -0.15) is 5.10 Å². The van der Waals surface area contributed by atoms with Crippen molar-refractivity contribution >= 4 is 52.2 Å². The van der Waals surface area contributed by atoms with Crippen LogP contribution < -0.4 is 10.1 Å². The second-order valence-corrected chi connectivity index (χ2v) is 11.9. The normalized spacial score (nSPS) is 14.8. The molecule has 1 aliphatic heterocycles. The number of halogens is 3. The van der Waals surface area contributed by atoms with Crippen molar-refractivity contribution in [2.24, 2.45) is 0 Å². The van der Waals surface area contributed by atoms with Crippen LogP contribution in [0.5, 0.6) is 5.88 Å². The molecule has 0 aliphatic carbocycles. The molecule has 1 aromatic carbocycles. The third-order valence-corrected chi connectivity index (χ3v) is 8.26. The zero-order chi connectivity index (χ0) is 26.8. The van der Waals surface area contributed by atoms with Crippen molar-refractivity contribution in [2.45, 2.75) is 45.3 Å². The van der Waals surface area contributed by atoms with Crippen LogP contribution in [0.15, 0.2) is 47.1 Å². The highest BCUT2D eigenvalue weighted by atomic mass is 35.5. The Bertz CT molecular complexity index is 1430. The average molecular weight is 595 g/mol. The Morgan fingerprint density at radius 1 is 1.16 bits per heavy atom. The average Bonchev–Trinajstić information content (AvgIpc) is 3.61. The first kappa shape index (κ1) is 27.0. The Morgan fingerprint density at radius 2 is 1.95 bits per heavy atom. The fourth-order valence-electron chi connectivity index (χ4n) is 4.43. The maximum Gasteiger partial charge on any atom is 0.414 e. The van der Waals surface area contributed by atoms with Gasteiger partial charge in [-0.3, -0.25) is 0 Å². The first-order valence-corrected chi connectivity index (χ1v) is 14.2. The number of likely N-dealkylation sites (tertiary alicyclic amines) is 1. The van der Waals surface area contributed by atoms with Gasteiger partial charge < -0.3 is 19.5 Å². The standard InChI is InChI=1S/C26H26Cl3N5O3S/c1-15(2)33-9-7-17(8-10-33)31-26(35)36-25-20(19-4-3-16(27)11-21(19)28)13-30-34(25)14-18-12-22(37-32-18)23-5-6-24(29)38-23/h3-6,11-13,15,17H,7-10,14H2,1-2H3,(H,31,35). The predicted octanol–water partition coefficient (Wildman–Crippen LogP) is 7.24. The lowest BCUT2D eigenvalue weighted by atomic mass is 10.0. The Labute approximate surface area is 239 Å². The van der Waals surface area contributed by atoms with Gasteiger partial charge in [0, 0.05) is 41.8 Å². The molecule has 200 valence electrons. The number of benzene rings is 1.